The monoisotopic (exact) mass is 435 g/mol. The van der Waals surface area contributed by atoms with Crippen LogP contribution < -0.4 is 10.6 Å². The van der Waals surface area contributed by atoms with Crippen molar-refractivity contribution >= 4 is 17.7 Å². The summed E-state index contributed by atoms with van der Waals surface area (Å²) >= 11 is 0. The number of hydrogen-bond acceptors (Lipinski definition) is 4. The first-order valence-electron chi connectivity index (χ1n) is 12.0. The van der Waals surface area contributed by atoms with Crippen LogP contribution in [0.2, 0.25) is 0 Å². The number of fused-ring (bicyclic) bond motifs is 1. The summed E-state index contributed by atoms with van der Waals surface area (Å²) in [6.07, 6.45) is 9.90. The molecule has 0 spiro atoms. The lowest BCUT2D eigenvalue weighted by Gasteiger charge is -2.34. The Balaban J connectivity index is 2.35. The largest absolute Gasteiger partial charge is 0.396 e. The zero-order valence-electron chi connectivity index (χ0n) is 19.6. The molecule has 176 valence electrons. The van der Waals surface area contributed by atoms with Gasteiger partial charge in [0.15, 0.2) is 0 Å². The van der Waals surface area contributed by atoms with Crippen molar-refractivity contribution in [1.29, 1.82) is 0 Å². The molecule has 1 unspecified atom stereocenters. The summed E-state index contributed by atoms with van der Waals surface area (Å²) in [6, 6.07) is -0.546. The zero-order valence-corrected chi connectivity index (χ0v) is 19.6. The molecule has 1 aliphatic heterocycles. The van der Waals surface area contributed by atoms with Crippen LogP contribution in [0.5, 0.6) is 0 Å². The molecular formula is C24H41N3O4. The van der Waals surface area contributed by atoms with Crippen LogP contribution in [0.4, 0.5) is 0 Å². The minimum Gasteiger partial charge on any atom is -0.396 e. The number of unbranched alkanes of at least 4 members (excludes halogenated alkanes) is 2. The number of hydrogen-bond donors (Lipinski definition) is 3. The molecule has 1 heterocycles. The summed E-state index contributed by atoms with van der Waals surface area (Å²) in [7, 11) is 1.61. The van der Waals surface area contributed by atoms with Crippen molar-refractivity contribution in [3.05, 3.63) is 12.2 Å². The van der Waals surface area contributed by atoms with Crippen molar-refractivity contribution in [3.63, 3.8) is 0 Å². The molecule has 6 atom stereocenters. The van der Waals surface area contributed by atoms with E-state index in [1.54, 1.807) is 11.9 Å². The third kappa shape index (κ3) is 5.88. The molecule has 7 heteroatoms. The van der Waals surface area contributed by atoms with Gasteiger partial charge in [-0.15, -0.1) is 0 Å². The van der Waals surface area contributed by atoms with Gasteiger partial charge in [-0.2, -0.15) is 0 Å². The van der Waals surface area contributed by atoms with E-state index in [9.17, 15) is 14.4 Å². The lowest BCUT2D eigenvalue weighted by atomic mass is 9.68. The van der Waals surface area contributed by atoms with Crippen molar-refractivity contribution in [2.24, 2.45) is 23.7 Å². The van der Waals surface area contributed by atoms with Crippen LogP contribution in [-0.2, 0) is 14.4 Å². The second-order valence-electron chi connectivity index (χ2n) is 9.04. The van der Waals surface area contributed by atoms with Gasteiger partial charge in [-0.05, 0) is 44.9 Å². The summed E-state index contributed by atoms with van der Waals surface area (Å²) in [6.45, 7) is 6.74. The highest BCUT2D eigenvalue weighted by molar-refractivity contribution is 5.96. The van der Waals surface area contributed by atoms with Gasteiger partial charge in [0.2, 0.25) is 17.7 Å². The zero-order chi connectivity index (χ0) is 23.0. The van der Waals surface area contributed by atoms with Crippen LogP contribution in [0.15, 0.2) is 12.2 Å². The number of nitrogens with zero attached hydrogens (tertiary/aromatic N) is 1. The Hall–Kier alpha value is -1.89. The standard InChI is InChI=1S/C24H41N3O4/c1-5-10-16(3)26-23(30)21-18-13-12-17(11-6-2)19(22(29)25-4)20(18)24(31)27(21)14-8-7-9-15-28/h12-13,16-21,28H,5-11,14-15H2,1-4H3,(H,25,29)(H,26,30)/t16?,17-,18+,19-,20+,21+/m1/s1. The van der Waals surface area contributed by atoms with Crippen molar-refractivity contribution in [1.82, 2.24) is 15.5 Å². The number of rotatable bonds is 12. The van der Waals surface area contributed by atoms with Gasteiger partial charge in [-0.1, -0.05) is 38.8 Å². The first-order valence-corrected chi connectivity index (χ1v) is 12.0. The number of amides is 3. The average Bonchev–Trinajstić information content (AvgIpc) is 3.03. The fraction of sp³-hybridized carbons (Fsp3) is 0.792. The minimum absolute atomic E-state index is 0.00668. The summed E-state index contributed by atoms with van der Waals surface area (Å²) in [5.41, 5.74) is 0. The number of aliphatic hydroxyl groups excluding tert-OH is 1. The van der Waals surface area contributed by atoms with Crippen molar-refractivity contribution in [2.45, 2.75) is 77.8 Å². The highest BCUT2D eigenvalue weighted by atomic mass is 16.3. The van der Waals surface area contributed by atoms with Gasteiger partial charge in [0.25, 0.3) is 0 Å². The third-order valence-electron chi connectivity index (χ3n) is 6.72. The summed E-state index contributed by atoms with van der Waals surface area (Å²) in [5.74, 6) is -1.57. The second kappa shape index (κ2) is 12.2. The lowest BCUT2D eigenvalue weighted by molar-refractivity contribution is -0.141. The molecule has 31 heavy (non-hydrogen) atoms. The van der Waals surface area contributed by atoms with Gasteiger partial charge in [0, 0.05) is 32.2 Å². The molecule has 2 aliphatic rings. The highest BCUT2D eigenvalue weighted by Gasteiger charge is 2.56. The van der Waals surface area contributed by atoms with Crippen molar-refractivity contribution < 1.29 is 19.5 Å². The Bertz CT molecular complexity index is 651. The number of nitrogens with one attached hydrogen (secondary N) is 2. The molecule has 3 amide bonds. The highest BCUT2D eigenvalue weighted by Crippen LogP contribution is 2.45. The predicted molar refractivity (Wildman–Crippen MR) is 121 cm³/mol. The van der Waals surface area contributed by atoms with E-state index < -0.39 is 17.9 Å². The normalized spacial score (nSPS) is 28.4. The van der Waals surface area contributed by atoms with Gasteiger partial charge < -0.3 is 20.6 Å². The fourth-order valence-corrected chi connectivity index (χ4v) is 5.28. The third-order valence-corrected chi connectivity index (χ3v) is 6.72. The number of carbonyl (C=O) groups is 3. The maximum Gasteiger partial charge on any atom is 0.243 e. The molecular weight excluding hydrogens is 394 g/mol. The van der Waals surface area contributed by atoms with Gasteiger partial charge in [0.1, 0.15) is 6.04 Å². The van der Waals surface area contributed by atoms with Gasteiger partial charge in [0.05, 0.1) is 11.8 Å². The predicted octanol–water partition coefficient (Wildman–Crippen LogP) is 2.25. The average molecular weight is 436 g/mol. The Labute approximate surface area is 187 Å². The Morgan fingerprint density at radius 3 is 2.48 bits per heavy atom. The molecule has 7 nitrogen and oxygen atoms in total. The topological polar surface area (TPSA) is 98.7 Å². The number of allylic oxidation sites excluding steroid dienone is 1. The number of carbonyl (C=O) groups excluding carboxylic acids is 3. The molecule has 1 fully saturated rings. The van der Waals surface area contributed by atoms with Crippen LogP contribution in [-0.4, -0.2) is 60.0 Å². The minimum atomic E-state index is -0.586. The van der Waals surface area contributed by atoms with E-state index >= 15 is 0 Å². The van der Waals surface area contributed by atoms with Crippen molar-refractivity contribution in [2.75, 3.05) is 20.2 Å². The molecule has 0 aromatic rings. The van der Waals surface area contributed by atoms with E-state index in [1.807, 2.05) is 13.0 Å². The van der Waals surface area contributed by atoms with Crippen LogP contribution in [0.1, 0.15) is 65.7 Å². The van der Waals surface area contributed by atoms with E-state index in [0.717, 1.165) is 38.5 Å². The van der Waals surface area contributed by atoms with E-state index in [-0.39, 0.29) is 42.2 Å². The molecule has 0 radical (unpaired) electrons. The van der Waals surface area contributed by atoms with Crippen LogP contribution >= 0.6 is 0 Å². The maximum absolute atomic E-state index is 13.6. The number of likely N-dealkylation sites (tertiary alicyclic amines) is 1. The van der Waals surface area contributed by atoms with E-state index in [0.29, 0.717) is 13.0 Å². The first-order chi connectivity index (χ1) is 14.9. The van der Waals surface area contributed by atoms with Gasteiger partial charge in [-0.25, -0.2) is 0 Å². The second-order valence-corrected chi connectivity index (χ2v) is 9.04. The van der Waals surface area contributed by atoms with E-state index in [1.165, 1.54) is 0 Å². The van der Waals surface area contributed by atoms with E-state index in [4.69, 9.17) is 5.11 Å². The maximum atomic E-state index is 13.6. The van der Waals surface area contributed by atoms with Gasteiger partial charge in [-0.3, -0.25) is 14.4 Å². The smallest absolute Gasteiger partial charge is 0.243 e. The molecule has 0 aromatic heterocycles. The SMILES string of the molecule is CCCC(C)NC(=O)[C@@H]1[C@H]2C=C[C@@H](CCC)[C@@H](C(=O)NC)[C@H]2C(=O)N1CCCCCO. The fourth-order valence-electron chi connectivity index (χ4n) is 5.28. The lowest BCUT2D eigenvalue weighted by Crippen LogP contribution is -2.49. The Morgan fingerprint density at radius 2 is 1.87 bits per heavy atom. The summed E-state index contributed by atoms with van der Waals surface area (Å²) < 4.78 is 0. The molecule has 1 saturated heterocycles. The first kappa shape index (κ1) is 25.4. The molecule has 1 aliphatic carbocycles. The molecule has 0 bridgehead atoms. The molecule has 3 N–H and O–H groups in total. The summed E-state index contributed by atoms with van der Waals surface area (Å²) in [4.78, 5) is 41.4. The Morgan fingerprint density at radius 1 is 1.13 bits per heavy atom. The molecule has 0 saturated carbocycles. The molecule has 2 rings (SSSR count). The van der Waals surface area contributed by atoms with Crippen molar-refractivity contribution in [3.8, 4) is 0 Å². The van der Waals surface area contributed by atoms with Crippen LogP contribution in [0, 0.1) is 23.7 Å². The van der Waals surface area contributed by atoms with Crippen LogP contribution in [0.3, 0.4) is 0 Å². The van der Waals surface area contributed by atoms with E-state index in [2.05, 4.69) is 30.6 Å². The molecule has 0 aromatic carbocycles. The van der Waals surface area contributed by atoms with Gasteiger partial charge >= 0.3 is 0 Å². The number of aliphatic hydroxyl groups is 1. The van der Waals surface area contributed by atoms with Crippen LogP contribution in [0.25, 0.3) is 0 Å². The Kier molecular flexibility index (Phi) is 10.0. The summed E-state index contributed by atoms with van der Waals surface area (Å²) in [5, 5.41) is 14.9. The quantitative estimate of drug-likeness (QED) is 0.323.